The van der Waals surface area contributed by atoms with Gasteiger partial charge in [-0.15, -0.1) is 0 Å². The molecule has 0 atom stereocenters. The van der Waals surface area contributed by atoms with E-state index in [9.17, 15) is 57.5 Å². The first-order valence-corrected chi connectivity index (χ1v) is 19.3. The number of methoxy groups -OCH3 is 4. The minimum Gasteiger partial charge on any atom is -0.478 e. The Morgan fingerprint density at radius 3 is 0.706 bits per heavy atom. The van der Waals surface area contributed by atoms with Crippen LogP contribution >= 0.6 is 0 Å². The monoisotopic (exact) mass is 944 g/mol. The first kappa shape index (κ1) is 56.9. The Hall–Kier alpha value is -9.08. The summed E-state index contributed by atoms with van der Waals surface area (Å²) in [6.07, 6.45) is -0.313. The van der Waals surface area contributed by atoms with Gasteiger partial charge in [0.1, 0.15) is 0 Å². The molecule has 4 rings (SSSR count). The highest BCUT2D eigenvalue weighted by Gasteiger charge is 2.17. The Balaban J connectivity index is 0.000000454. The van der Waals surface area contributed by atoms with Crippen molar-refractivity contribution < 1.29 is 86.7 Å². The molecule has 4 aromatic rings. The van der Waals surface area contributed by atoms with E-state index in [1.807, 2.05) is 0 Å². The number of amides is 4. The fraction of sp³-hybridized carbons (Fsp3) is 0.217. The number of hydrogen-bond acceptors (Lipinski definition) is 16. The van der Waals surface area contributed by atoms with Crippen LogP contribution in [0.1, 0.15) is 119 Å². The van der Waals surface area contributed by atoms with Crippen LogP contribution in [0.15, 0.2) is 72.8 Å². The van der Waals surface area contributed by atoms with Crippen LogP contribution in [0, 0.1) is 0 Å². The second-order valence-electron chi connectivity index (χ2n) is 13.9. The molecule has 10 N–H and O–H groups in total. The maximum absolute atomic E-state index is 11.4. The van der Waals surface area contributed by atoms with Gasteiger partial charge < -0.3 is 52.1 Å². The Labute approximate surface area is 387 Å². The maximum Gasteiger partial charge on any atom is 0.337 e. The van der Waals surface area contributed by atoms with Gasteiger partial charge in [-0.25, -0.2) is 28.8 Å². The number of nitrogens with two attached hydrogens (primary N) is 4. The Morgan fingerprint density at radius 2 is 0.515 bits per heavy atom. The van der Waals surface area contributed by atoms with Gasteiger partial charge in [0.25, 0.3) is 0 Å². The molecule has 22 heteroatoms. The number of Topliss-reactive ketones (excluding diaryl/α,β-unsaturated/α-hetero) is 2. The van der Waals surface area contributed by atoms with Crippen LogP contribution in [-0.4, -0.2) is 110 Å². The van der Waals surface area contributed by atoms with Crippen molar-refractivity contribution in [2.24, 2.45) is 22.9 Å². The first-order chi connectivity index (χ1) is 31.7. The van der Waals surface area contributed by atoms with Crippen LogP contribution in [0.4, 0.5) is 0 Å². The van der Waals surface area contributed by atoms with Crippen molar-refractivity contribution in [3.05, 3.63) is 140 Å². The minimum atomic E-state index is -1.19. The quantitative estimate of drug-likeness (QED) is 0.0530. The zero-order chi connectivity index (χ0) is 52.0. The molecular weight excluding hydrogens is 897 g/mol. The summed E-state index contributed by atoms with van der Waals surface area (Å²) in [6.45, 7) is 2.71. The number of primary amides is 4. The third-order valence-corrected chi connectivity index (χ3v) is 8.48. The zero-order valence-corrected chi connectivity index (χ0v) is 37.5. The lowest BCUT2D eigenvalue weighted by Crippen LogP contribution is -2.15. The van der Waals surface area contributed by atoms with Gasteiger partial charge in [0.2, 0.25) is 23.6 Å². The van der Waals surface area contributed by atoms with E-state index in [4.69, 9.17) is 33.1 Å². The van der Waals surface area contributed by atoms with Gasteiger partial charge in [-0.1, -0.05) is 0 Å². The van der Waals surface area contributed by atoms with Crippen LogP contribution in [0.3, 0.4) is 0 Å². The number of ether oxygens (including phenoxy) is 4. The van der Waals surface area contributed by atoms with Crippen LogP contribution in [-0.2, 0) is 63.8 Å². The molecule has 0 spiro atoms. The molecule has 0 heterocycles. The largest absolute Gasteiger partial charge is 0.478 e. The summed E-state index contributed by atoms with van der Waals surface area (Å²) in [5.41, 5.74) is 23.0. The molecule has 0 fully saturated rings. The predicted molar refractivity (Wildman–Crippen MR) is 237 cm³/mol. The van der Waals surface area contributed by atoms with Crippen LogP contribution in [0.25, 0.3) is 0 Å². The van der Waals surface area contributed by atoms with Gasteiger partial charge in [0.05, 0.1) is 87.5 Å². The second kappa shape index (κ2) is 27.3. The molecule has 0 unspecified atom stereocenters. The van der Waals surface area contributed by atoms with E-state index >= 15 is 0 Å². The van der Waals surface area contributed by atoms with E-state index < -0.39 is 59.4 Å². The predicted octanol–water partition coefficient (Wildman–Crippen LogP) is 1.81. The van der Waals surface area contributed by atoms with Crippen molar-refractivity contribution in [3.8, 4) is 0 Å². The first-order valence-electron chi connectivity index (χ1n) is 19.3. The van der Waals surface area contributed by atoms with E-state index in [-0.39, 0.29) is 76.2 Å². The second-order valence-corrected chi connectivity index (χ2v) is 13.9. The summed E-state index contributed by atoms with van der Waals surface area (Å²) in [5, 5.41) is 17.7. The molecular formula is C46H48N4O18. The Kier molecular flexibility index (Phi) is 22.9. The number of rotatable bonds is 16. The summed E-state index contributed by atoms with van der Waals surface area (Å²) >= 11 is 0. The number of carboxylic acids is 2. The Morgan fingerprint density at radius 1 is 0.338 bits per heavy atom. The molecule has 22 nitrogen and oxygen atoms in total. The molecule has 0 aromatic heterocycles. The van der Waals surface area contributed by atoms with Gasteiger partial charge in [-0.05, 0) is 109 Å². The van der Waals surface area contributed by atoms with Crippen molar-refractivity contribution in [3.63, 3.8) is 0 Å². The molecule has 0 aliphatic rings. The fourth-order valence-corrected chi connectivity index (χ4v) is 5.58. The van der Waals surface area contributed by atoms with E-state index in [0.29, 0.717) is 27.8 Å². The average Bonchev–Trinajstić information content (AvgIpc) is 3.27. The van der Waals surface area contributed by atoms with Crippen molar-refractivity contribution in [2.75, 3.05) is 28.4 Å². The average molecular weight is 945 g/mol. The van der Waals surface area contributed by atoms with Gasteiger partial charge in [-0.3, -0.25) is 28.8 Å². The summed E-state index contributed by atoms with van der Waals surface area (Å²) < 4.78 is 18.2. The van der Waals surface area contributed by atoms with E-state index in [1.165, 1.54) is 109 Å². The standard InChI is InChI=1S/C12H13NO5.C12H13NO4.C11H11NO5.C11H11NO4/c1-17-11(15)8-3-7(5-10(13)14)4-9(6-8)12(16)18-2;1-7(14)9-3-8(5-11(13)15)4-10(6-9)12(16)17-2;1-17-11(16)8-3-6(4-9(12)13)2-7(5-8)10(14)15;1-6(13)8-2-7(4-10(12)14)3-9(5-8)11(15)16/h3-4,6H,5H2,1-2H3,(H2,13,14);3-4,6H,5H2,1-2H3,(H2,13,15);2-3,5H,4H2,1H3,(H2,12,13)(H,14,15);2-3,5H,4H2,1H3,(H2,12,14)(H,15,16). The molecule has 0 aliphatic carbocycles. The van der Waals surface area contributed by atoms with Crippen molar-refractivity contribution in [1.82, 2.24) is 0 Å². The highest BCUT2D eigenvalue weighted by molar-refractivity contribution is 6.00. The molecule has 4 aromatic carbocycles. The molecule has 360 valence electrons. The smallest absolute Gasteiger partial charge is 0.337 e. The molecule has 0 saturated heterocycles. The normalized spacial score (nSPS) is 9.74. The number of carbonyl (C=O) groups excluding carboxylic acids is 10. The summed E-state index contributed by atoms with van der Waals surface area (Å²) in [5.74, 6) is -7.49. The third-order valence-electron chi connectivity index (χ3n) is 8.48. The van der Waals surface area contributed by atoms with E-state index in [0.717, 1.165) is 0 Å². The topological polar surface area (TPSA) is 386 Å². The molecule has 0 bridgehead atoms. The third kappa shape index (κ3) is 19.8. The lowest BCUT2D eigenvalue weighted by molar-refractivity contribution is -0.118. The fourth-order valence-electron chi connectivity index (χ4n) is 5.58. The SMILES string of the molecule is CC(=O)c1cc(CC(N)=O)cc(C(=O)O)c1.COC(=O)c1cc(CC(N)=O)cc(C(=O)O)c1.COC(=O)c1cc(CC(N)=O)cc(C(=O)OC)c1.COC(=O)c1cc(CC(N)=O)cc(C(C)=O)c1. The van der Waals surface area contributed by atoms with E-state index in [1.54, 1.807) is 6.07 Å². The van der Waals surface area contributed by atoms with Gasteiger partial charge >= 0.3 is 35.8 Å². The number of carboxylic acid groups (broad SMARTS) is 2. The lowest BCUT2D eigenvalue weighted by atomic mass is 10.0. The lowest BCUT2D eigenvalue weighted by Gasteiger charge is -2.06. The molecule has 0 aliphatic heterocycles. The van der Waals surface area contributed by atoms with Crippen LogP contribution < -0.4 is 22.9 Å². The number of benzene rings is 4. The number of carbonyl (C=O) groups is 12. The van der Waals surface area contributed by atoms with Gasteiger partial charge in [-0.2, -0.15) is 0 Å². The highest BCUT2D eigenvalue weighted by atomic mass is 16.5. The zero-order valence-electron chi connectivity index (χ0n) is 37.5. The molecule has 4 amide bonds. The number of hydrogen-bond donors (Lipinski definition) is 6. The van der Waals surface area contributed by atoms with Crippen LogP contribution in [0.5, 0.6) is 0 Å². The molecule has 68 heavy (non-hydrogen) atoms. The van der Waals surface area contributed by atoms with Crippen molar-refractivity contribution >= 4 is 71.0 Å². The maximum atomic E-state index is 11.4. The molecule has 0 radical (unpaired) electrons. The van der Waals surface area contributed by atoms with Crippen LogP contribution in [0.2, 0.25) is 0 Å². The summed E-state index contributed by atoms with van der Waals surface area (Å²) in [7, 11) is 4.88. The number of aromatic carboxylic acids is 2. The minimum absolute atomic E-state index is 0.0227. The summed E-state index contributed by atoms with van der Waals surface area (Å²) in [6, 6.07) is 16.6. The van der Waals surface area contributed by atoms with E-state index in [2.05, 4.69) is 18.9 Å². The number of esters is 4. The number of ketones is 2. The Bertz CT molecular complexity index is 2480. The summed E-state index contributed by atoms with van der Waals surface area (Å²) in [4.78, 5) is 133. The molecule has 0 saturated carbocycles. The van der Waals surface area contributed by atoms with Crippen molar-refractivity contribution in [2.45, 2.75) is 39.5 Å². The van der Waals surface area contributed by atoms with Gasteiger partial charge in [0.15, 0.2) is 11.6 Å². The highest BCUT2D eigenvalue weighted by Crippen LogP contribution is 2.16. The van der Waals surface area contributed by atoms with Crippen molar-refractivity contribution in [1.29, 1.82) is 0 Å². The van der Waals surface area contributed by atoms with Gasteiger partial charge in [0, 0.05) is 11.1 Å².